The van der Waals surface area contributed by atoms with Crippen LogP contribution >= 0.6 is 23.5 Å². The summed E-state index contributed by atoms with van der Waals surface area (Å²) in [7, 11) is 1.70. The highest BCUT2D eigenvalue weighted by molar-refractivity contribution is 8.14. The minimum atomic E-state index is 0.835. The second-order valence-electron chi connectivity index (χ2n) is 7.20. The summed E-state index contributed by atoms with van der Waals surface area (Å²) in [6.45, 7) is 2.11. The van der Waals surface area contributed by atoms with Gasteiger partial charge in [-0.1, -0.05) is 54.8 Å². The lowest BCUT2D eigenvalue weighted by Gasteiger charge is -2.20. The van der Waals surface area contributed by atoms with Gasteiger partial charge in [-0.05, 0) is 67.5 Å². The molecule has 1 saturated carbocycles. The monoisotopic (exact) mass is 411 g/mol. The fourth-order valence-corrected chi connectivity index (χ4v) is 5.12. The fourth-order valence-electron chi connectivity index (χ4n) is 3.27. The van der Waals surface area contributed by atoms with Crippen molar-refractivity contribution in [2.45, 2.75) is 43.9 Å². The molecule has 2 aromatic rings. The molecule has 0 N–H and O–H groups in total. The first-order chi connectivity index (χ1) is 13.7. The van der Waals surface area contributed by atoms with Crippen molar-refractivity contribution < 1.29 is 4.74 Å². The van der Waals surface area contributed by atoms with Gasteiger partial charge in [0, 0.05) is 10.6 Å². The first-order valence-corrected chi connectivity index (χ1v) is 11.8. The zero-order valence-corrected chi connectivity index (χ0v) is 18.4. The van der Waals surface area contributed by atoms with Crippen molar-refractivity contribution in [2.75, 3.05) is 12.9 Å². The van der Waals surface area contributed by atoms with Crippen LogP contribution in [-0.4, -0.2) is 17.9 Å². The van der Waals surface area contributed by atoms with Gasteiger partial charge in [-0.3, -0.25) is 0 Å². The molecule has 0 saturated heterocycles. The van der Waals surface area contributed by atoms with E-state index in [0.717, 1.165) is 22.4 Å². The van der Waals surface area contributed by atoms with Gasteiger partial charge in [0.1, 0.15) is 5.75 Å². The highest BCUT2D eigenvalue weighted by atomic mass is 32.2. The molecule has 0 atom stereocenters. The van der Waals surface area contributed by atoms with Crippen LogP contribution in [0.3, 0.4) is 0 Å². The number of aliphatic imine (C=N–C) groups is 1. The molecule has 0 spiro atoms. The Bertz CT molecular complexity index is 793. The van der Waals surface area contributed by atoms with Crippen molar-refractivity contribution >= 4 is 34.3 Å². The van der Waals surface area contributed by atoms with E-state index >= 15 is 0 Å². The van der Waals surface area contributed by atoms with E-state index in [1.807, 2.05) is 23.9 Å². The molecule has 0 aliphatic heterocycles. The van der Waals surface area contributed by atoms with Crippen LogP contribution in [0.4, 0.5) is 5.69 Å². The lowest BCUT2D eigenvalue weighted by Crippen LogP contribution is -2.09. The number of thioether (sulfide) groups is 2. The van der Waals surface area contributed by atoms with Gasteiger partial charge in [-0.25, -0.2) is 4.99 Å². The summed E-state index contributed by atoms with van der Waals surface area (Å²) in [5.41, 5.74) is 2.28. The largest absolute Gasteiger partial charge is 0.497 e. The average Bonchev–Trinajstić information content (AvgIpc) is 2.74. The van der Waals surface area contributed by atoms with E-state index in [9.17, 15) is 0 Å². The standard InChI is InChI=1S/C24H29NOS2/c1-19-11-13-21(14-12-19)25-24(28-18-20-7-4-3-5-8-20)15-16-27-23-10-6-9-22(17-23)26-2/h6,9-17,20H,3-5,7-8,18H2,1-2H3. The van der Waals surface area contributed by atoms with Crippen LogP contribution in [0.1, 0.15) is 37.7 Å². The van der Waals surface area contributed by atoms with Crippen molar-refractivity contribution in [3.05, 3.63) is 65.6 Å². The quantitative estimate of drug-likeness (QED) is 0.265. The molecule has 0 heterocycles. The summed E-state index contributed by atoms with van der Waals surface area (Å²) < 4.78 is 5.31. The van der Waals surface area contributed by atoms with Crippen LogP contribution < -0.4 is 4.74 Å². The molecule has 2 aromatic carbocycles. The lowest BCUT2D eigenvalue weighted by atomic mass is 9.91. The van der Waals surface area contributed by atoms with Crippen LogP contribution in [-0.2, 0) is 0 Å². The molecule has 0 radical (unpaired) electrons. The smallest absolute Gasteiger partial charge is 0.119 e. The van der Waals surface area contributed by atoms with E-state index in [4.69, 9.17) is 9.73 Å². The SMILES string of the molecule is COc1cccc(SC=CC(=Nc2ccc(C)cc2)SCC2CCCCC2)c1. The molecule has 4 heteroatoms. The Kier molecular flexibility index (Phi) is 8.56. The number of rotatable bonds is 7. The number of ether oxygens (including phenoxy) is 1. The molecule has 1 fully saturated rings. The van der Waals surface area contributed by atoms with Crippen LogP contribution in [0.5, 0.6) is 5.75 Å². The van der Waals surface area contributed by atoms with Gasteiger partial charge >= 0.3 is 0 Å². The maximum Gasteiger partial charge on any atom is 0.119 e. The molecule has 2 nitrogen and oxygen atoms in total. The highest BCUT2D eigenvalue weighted by Gasteiger charge is 2.14. The lowest BCUT2D eigenvalue weighted by molar-refractivity contribution is 0.391. The summed E-state index contributed by atoms with van der Waals surface area (Å²) in [6, 6.07) is 16.6. The van der Waals surface area contributed by atoms with Crippen LogP contribution in [0.15, 0.2) is 69.9 Å². The van der Waals surface area contributed by atoms with Gasteiger partial charge in [0.2, 0.25) is 0 Å². The molecule has 0 aromatic heterocycles. The van der Waals surface area contributed by atoms with E-state index in [1.54, 1.807) is 18.9 Å². The Morgan fingerprint density at radius 3 is 2.64 bits per heavy atom. The molecule has 0 bridgehead atoms. The molecule has 0 unspecified atom stereocenters. The molecule has 148 valence electrons. The second-order valence-corrected chi connectivity index (χ2v) is 9.22. The van der Waals surface area contributed by atoms with E-state index in [-0.39, 0.29) is 0 Å². The van der Waals surface area contributed by atoms with Gasteiger partial charge in [-0.2, -0.15) is 0 Å². The van der Waals surface area contributed by atoms with Gasteiger partial charge in [0.25, 0.3) is 0 Å². The van der Waals surface area contributed by atoms with Crippen LogP contribution in [0, 0.1) is 12.8 Å². The van der Waals surface area contributed by atoms with Crippen LogP contribution in [0.25, 0.3) is 0 Å². The number of methoxy groups -OCH3 is 1. The molecule has 1 aliphatic carbocycles. The van der Waals surface area contributed by atoms with Gasteiger partial charge in [0.05, 0.1) is 17.8 Å². The molecule has 0 amide bonds. The topological polar surface area (TPSA) is 21.6 Å². The third-order valence-electron chi connectivity index (χ3n) is 4.92. The minimum Gasteiger partial charge on any atom is -0.497 e. The highest BCUT2D eigenvalue weighted by Crippen LogP contribution is 2.29. The Balaban J connectivity index is 1.67. The first kappa shape index (κ1) is 21.1. The average molecular weight is 412 g/mol. The summed E-state index contributed by atoms with van der Waals surface area (Å²) in [5.74, 6) is 2.89. The number of nitrogens with zero attached hydrogens (tertiary/aromatic N) is 1. The number of benzene rings is 2. The summed E-state index contributed by atoms with van der Waals surface area (Å²) in [6.07, 6.45) is 9.06. The third kappa shape index (κ3) is 7.06. The maximum atomic E-state index is 5.31. The zero-order chi connectivity index (χ0) is 19.6. The predicted octanol–water partition coefficient (Wildman–Crippen LogP) is 7.65. The van der Waals surface area contributed by atoms with Gasteiger partial charge in [-0.15, -0.1) is 11.8 Å². The van der Waals surface area contributed by atoms with Crippen LogP contribution in [0.2, 0.25) is 0 Å². The Labute approximate surface area is 177 Å². The molecular weight excluding hydrogens is 382 g/mol. The maximum absolute atomic E-state index is 5.31. The predicted molar refractivity (Wildman–Crippen MR) is 125 cm³/mol. The molecular formula is C24H29NOS2. The normalized spacial score (nSPS) is 15.9. The number of aryl methyl sites for hydroxylation is 1. The first-order valence-electron chi connectivity index (χ1n) is 9.98. The molecule has 1 aliphatic rings. The zero-order valence-electron chi connectivity index (χ0n) is 16.8. The summed E-state index contributed by atoms with van der Waals surface area (Å²) in [4.78, 5) is 6.07. The fraction of sp³-hybridized carbons (Fsp3) is 0.375. The number of hydrogen-bond donors (Lipinski definition) is 0. The Hall–Kier alpha value is -1.65. The molecule has 28 heavy (non-hydrogen) atoms. The number of hydrogen-bond acceptors (Lipinski definition) is 4. The van der Waals surface area contributed by atoms with Crippen molar-refractivity contribution in [2.24, 2.45) is 10.9 Å². The summed E-state index contributed by atoms with van der Waals surface area (Å²) in [5, 5.41) is 3.22. The van der Waals surface area contributed by atoms with E-state index in [0.29, 0.717) is 0 Å². The van der Waals surface area contributed by atoms with E-state index < -0.39 is 0 Å². The van der Waals surface area contributed by atoms with E-state index in [1.165, 1.54) is 48.3 Å². The van der Waals surface area contributed by atoms with Gasteiger partial charge in [0.15, 0.2) is 0 Å². The van der Waals surface area contributed by atoms with Crippen molar-refractivity contribution in [3.8, 4) is 5.75 Å². The minimum absolute atomic E-state index is 0.835. The third-order valence-corrected chi connectivity index (χ3v) is 6.88. The van der Waals surface area contributed by atoms with Crippen molar-refractivity contribution in [3.63, 3.8) is 0 Å². The van der Waals surface area contributed by atoms with Gasteiger partial charge < -0.3 is 4.74 Å². The van der Waals surface area contributed by atoms with Crippen molar-refractivity contribution in [1.29, 1.82) is 0 Å². The summed E-state index contributed by atoms with van der Waals surface area (Å²) >= 11 is 3.59. The molecule has 3 rings (SSSR count). The Morgan fingerprint density at radius 2 is 1.89 bits per heavy atom. The van der Waals surface area contributed by atoms with E-state index in [2.05, 4.69) is 54.8 Å². The van der Waals surface area contributed by atoms with Crippen molar-refractivity contribution in [1.82, 2.24) is 0 Å². The second kappa shape index (κ2) is 11.4. The Morgan fingerprint density at radius 1 is 1.11 bits per heavy atom.